The minimum Gasteiger partial charge on any atom is -0.298 e. The number of aldehydes is 1. The number of allylic oxidation sites excluding steroid dienone is 4. The molecule has 3 nitrogen and oxygen atoms in total. The molecule has 2 aromatic rings. The molecule has 2 aromatic carbocycles. The van der Waals surface area contributed by atoms with E-state index in [0.29, 0.717) is 17.9 Å². The van der Waals surface area contributed by atoms with E-state index >= 15 is 0 Å². The first-order valence-corrected chi connectivity index (χ1v) is 8.89. The van der Waals surface area contributed by atoms with Crippen molar-refractivity contribution in [3.63, 3.8) is 0 Å². The van der Waals surface area contributed by atoms with Crippen LogP contribution in [0.3, 0.4) is 0 Å². The summed E-state index contributed by atoms with van der Waals surface area (Å²) in [5.41, 5.74) is 8.02. The fraction of sp³-hybridized carbons (Fsp3) is 0.174. The highest BCUT2D eigenvalue weighted by molar-refractivity contribution is 6.25. The van der Waals surface area contributed by atoms with Gasteiger partial charge in [-0.05, 0) is 23.1 Å². The second-order valence-corrected chi connectivity index (χ2v) is 6.90. The molecule has 0 N–H and O–H groups in total. The summed E-state index contributed by atoms with van der Waals surface area (Å²) < 4.78 is 0. The molecule has 0 unspecified atom stereocenters. The highest BCUT2D eigenvalue weighted by Gasteiger charge is 2.24. The lowest BCUT2D eigenvalue weighted by atomic mass is 9.90. The van der Waals surface area contributed by atoms with Crippen LogP contribution in [0.2, 0.25) is 0 Å². The molecule has 0 aliphatic heterocycles. The normalized spacial score (nSPS) is 16.9. The predicted molar refractivity (Wildman–Crippen MR) is 107 cm³/mol. The van der Waals surface area contributed by atoms with Crippen LogP contribution in [0.15, 0.2) is 82.0 Å². The zero-order valence-corrected chi connectivity index (χ0v) is 14.9. The summed E-state index contributed by atoms with van der Waals surface area (Å²) in [7, 11) is 0. The monoisotopic (exact) mass is 340 g/mol. The molecule has 0 fully saturated rings. The average Bonchev–Trinajstić information content (AvgIpc) is 3.00. The molecule has 4 rings (SSSR count). The van der Waals surface area contributed by atoms with Gasteiger partial charge in [0, 0.05) is 23.1 Å². The first kappa shape index (κ1) is 16.4. The second kappa shape index (κ2) is 6.68. The molecule has 0 spiro atoms. The van der Waals surface area contributed by atoms with Gasteiger partial charge in [0.1, 0.15) is 5.71 Å². The lowest BCUT2D eigenvalue weighted by Crippen LogP contribution is -2.12. The van der Waals surface area contributed by atoms with Crippen LogP contribution in [0, 0.1) is 5.92 Å². The molecule has 2 aliphatic carbocycles. The van der Waals surface area contributed by atoms with Crippen LogP contribution >= 0.6 is 0 Å². The molecule has 0 radical (unpaired) electrons. The Hall–Kier alpha value is -3.07. The van der Waals surface area contributed by atoms with Gasteiger partial charge < -0.3 is 0 Å². The molecule has 0 bridgehead atoms. The van der Waals surface area contributed by atoms with Gasteiger partial charge >= 0.3 is 0 Å². The SMILES string of the molecule is CC(C)C1=CC=C(C=O)C(=NN=C2c3ccccc3-c3ccccc32)C1. The van der Waals surface area contributed by atoms with Crippen molar-refractivity contribution in [2.45, 2.75) is 20.3 Å². The van der Waals surface area contributed by atoms with Gasteiger partial charge in [-0.25, -0.2) is 0 Å². The van der Waals surface area contributed by atoms with E-state index in [1.165, 1.54) is 16.7 Å². The Morgan fingerprint density at radius 2 is 1.42 bits per heavy atom. The van der Waals surface area contributed by atoms with Gasteiger partial charge in [0.25, 0.3) is 0 Å². The maximum absolute atomic E-state index is 11.4. The maximum atomic E-state index is 11.4. The number of rotatable bonds is 3. The van der Waals surface area contributed by atoms with Gasteiger partial charge in [-0.15, -0.1) is 5.10 Å². The van der Waals surface area contributed by atoms with Crippen molar-refractivity contribution in [2.75, 3.05) is 0 Å². The van der Waals surface area contributed by atoms with E-state index in [1.54, 1.807) is 0 Å². The van der Waals surface area contributed by atoms with Gasteiger partial charge in [0.15, 0.2) is 6.29 Å². The molecule has 0 heterocycles. The Balaban J connectivity index is 1.80. The first-order chi connectivity index (χ1) is 12.7. The zero-order valence-electron chi connectivity index (χ0n) is 14.9. The fourth-order valence-corrected chi connectivity index (χ4v) is 3.46. The number of carbonyl (C=O) groups is 1. The molecule has 2 aliphatic rings. The third-order valence-corrected chi connectivity index (χ3v) is 4.98. The van der Waals surface area contributed by atoms with Crippen LogP contribution in [0.5, 0.6) is 0 Å². The van der Waals surface area contributed by atoms with Crippen LogP contribution in [0.4, 0.5) is 0 Å². The summed E-state index contributed by atoms with van der Waals surface area (Å²) in [4.78, 5) is 11.4. The third kappa shape index (κ3) is 2.76. The standard InChI is InChI=1S/C23H20N2O/c1-15(2)16-11-12-17(14-26)22(13-16)24-25-23-20-9-5-3-7-18(20)19-8-4-6-10-21(19)23/h3-12,14-15H,13H2,1-2H3. The van der Waals surface area contributed by atoms with Crippen molar-refractivity contribution in [3.05, 3.63) is 83.0 Å². The Morgan fingerprint density at radius 1 is 0.846 bits per heavy atom. The molecule has 0 saturated carbocycles. The minimum absolute atomic E-state index is 0.422. The summed E-state index contributed by atoms with van der Waals surface area (Å²) in [6.45, 7) is 4.30. The van der Waals surface area contributed by atoms with E-state index in [-0.39, 0.29) is 0 Å². The summed E-state index contributed by atoms with van der Waals surface area (Å²) in [6, 6.07) is 16.5. The van der Waals surface area contributed by atoms with Gasteiger partial charge in [-0.2, -0.15) is 5.10 Å². The largest absolute Gasteiger partial charge is 0.298 e. The van der Waals surface area contributed by atoms with Crippen molar-refractivity contribution in [2.24, 2.45) is 16.1 Å². The van der Waals surface area contributed by atoms with Crippen molar-refractivity contribution >= 4 is 17.7 Å². The van der Waals surface area contributed by atoms with Crippen LogP contribution in [0.25, 0.3) is 11.1 Å². The van der Waals surface area contributed by atoms with Crippen molar-refractivity contribution in [3.8, 4) is 11.1 Å². The molecule has 0 saturated heterocycles. The van der Waals surface area contributed by atoms with Crippen molar-refractivity contribution in [1.29, 1.82) is 0 Å². The van der Waals surface area contributed by atoms with E-state index in [0.717, 1.165) is 28.8 Å². The lowest BCUT2D eigenvalue weighted by Gasteiger charge is -2.16. The number of carbonyl (C=O) groups excluding carboxylic acids is 1. The molecular weight excluding hydrogens is 320 g/mol. The number of fused-ring (bicyclic) bond motifs is 3. The summed E-state index contributed by atoms with van der Waals surface area (Å²) >= 11 is 0. The van der Waals surface area contributed by atoms with Crippen LogP contribution < -0.4 is 0 Å². The molecule has 0 atom stereocenters. The summed E-state index contributed by atoms with van der Waals surface area (Å²) in [5.74, 6) is 0.422. The van der Waals surface area contributed by atoms with E-state index in [1.807, 2.05) is 36.4 Å². The van der Waals surface area contributed by atoms with Crippen molar-refractivity contribution < 1.29 is 4.79 Å². The third-order valence-electron chi connectivity index (χ3n) is 4.98. The summed E-state index contributed by atoms with van der Waals surface area (Å²) in [6.07, 6.45) is 5.41. The Kier molecular flexibility index (Phi) is 4.21. The highest BCUT2D eigenvalue weighted by atomic mass is 16.1. The molecule has 26 heavy (non-hydrogen) atoms. The maximum Gasteiger partial charge on any atom is 0.151 e. The van der Waals surface area contributed by atoms with Gasteiger partial charge in [-0.3, -0.25) is 4.79 Å². The van der Waals surface area contributed by atoms with E-state index in [2.05, 4.69) is 48.3 Å². The molecule has 3 heteroatoms. The van der Waals surface area contributed by atoms with E-state index < -0.39 is 0 Å². The van der Waals surface area contributed by atoms with Crippen molar-refractivity contribution in [1.82, 2.24) is 0 Å². The number of benzene rings is 2. The quantitative estimate of drug-likeness (QED) is 0.490. The molecule has 128 valence electrons. The minimum atomic E-state index is 0.422. The average molecular weight is 340 g/mol. The second-order valence-electron chi connectivity index (χ2n) is 6.90. The Labute approximate surface area is 153 Å². The fourth-order valence-electron chi connectivity index (χ4n) is 3.46. The van der Waals surface area contributed by atoms with Gasteiger partial charge in [-0.1, -0.05) is 74.0 Å². The Morgan fingerprint density at radius 3 is 1.96 bits per heavy atom. The van der Waals surface area contributed by atoms with Gasteiger partial charge in [0.2, 0.25) is 0 Å². The Bertz CT molecular complexity index is 959. The number of hydrogen-bond donors (Lipinski definition) is 0. The zero-order chi connectivity index (χ0) is 18.1. The summed E-state index contributed by atoms with van der Waals surface area (Å²) in [5, 5.41) is 9.11. The molecular formula is C23H20N2O. The number of nitrogens with zero attached hydrogens (tertiary/aromatic N) is 2. The first-order valence-electron chi connectivity index (χ1n) is 8.89. The number of hydrogen-bond acceptors (Lipinski definition) is 3. The predicted octanol–water partition coefficient (Wildman–Crippen LogP) is 4.97. The lowest BCUT2D eigenvalue weighted by molar-refractivity contribution is -0.104. The van der Waals surface area contributed by atoms with Crippen LogP contribution in [-0.4, -0.2) is 17.7 Å². The topological polar surface area (TPSA) is 41.8 Å². The van der Waals surface area contributed by atoms with Gasteiger partial charge in [0.05, 0.1) is 5.71 Å². The smallest absolute Gasteiger partial charge is 0.151 e. The van der Waals surface area contributed by atoms with E-state index in [9.17, 15) is 4.79 Å². The highest BCUT2D eigenvalue weighted by Crippen LogP contribution is 2.36. The van der Waals surface area contributed by atoms with E-state index in [4.69, 9.17) is 0 Å². The molecule has 0 amide bonds. The van der Waals surface area contributed by atoms with Crippen LogP contribution in [0.1, 0.15) is 31.4 Å². The molecule has 0 aromatic heterocycles. The van der Waals surface area contributed by atoms with Crippen LogP contribution in [-0.2, 0) is 4.79 Å².